The fraction of sp³-hybridized carbons (Fsp3) is 0.444. The van der Waals surface area contributed by atoms with Crippen LogP contribution in [0.4, 0.5) is 0 Å². The van der Waals surface area contributed by atoms with Crippen LogP contribution in [-0.4, -0.2) is 18.0 Å². The average Bonchev–Trinajstić information content (AvgIpc) is 3.00. The number of hydrogen-bond acceptors (Lipinski definition) is 2. The molecular weight excluding hydrogens is 246 g/mol. The molecule has 2 heteroatoms. The Bertz CT molecular complexity index is 575. The summed E-state index contributed by atoms with van der Waals surface area (Å²) in [7, 11) is 0. The molecule has 0 bridgehead atoms. The zero-order chi connectivity index (χ0) is 13.4. The largest absolute Gasteiger partial charge is 0.468 e. The molecule has 2 heterocycles. The third-order valence-electron chi connectivity index (χ3n) is 5.02. The fourth-order valence-corrected chi connectivity index (χ4v) is 4.04. The van der Waals surface area contributed by atoms with E-state index in [1.165, 1.54) is 32.4 Å². The zero-order valence-corrected chi connectivity index (χ0v) is 11.8. The van der Waals surface area contributed by atoms with Crippen LogP contribution >= 0.6 is 0 Å². The molecule has 104 valence electrons. The quantitative estimate of drug-likeness (QED) is 0.822. The molecule has 0 unspecified atom stereocenters. The minimum absolute atomic E-state index is 0.785. The summed E-state index contributed by atoms with van der Waals surface area (Å²) in [5, 5.41) is 0. The van der Waals surface area contributed by atoms with Crippen molar-refractivity contribution in [3.05, 3.63) is 59.5 Å². The van der Waals surface area contributed by atoms with Crippen LogP contribution in [0.5, 0.6) is 0 Å². The molecule has 0 amide bonds. The van der Waals surface area contributed by atoms with Crippen molar-refractivity contribution in [2.24, 2.45) is 5.92 Å². The number of benzene rings is 1. The number of fused-ring (bicyclic) bond motifs is 3. The van der Waals surface area contributed by atoms with E-state index in [4.69, 9.17) is 4.42 Å². The molecule has 1 aliphatic heterocycles. The molecule has 1 aromatic heterocycles. The van der Waals surface area contributed by atoms with Crippen LogP contribution in [0.1, 0.15) is 35.6 Å². The van der Waals surface area contributed by atoms with E-state index < -0.39 is 0 Å². The molecule has 0 radical (unpaired) electrons. The van der Waals surface area contributed by atoms with Gasteiger partial charge >= 0.3 is 0 Å². The van der Waals surface area contributed by atoms with Crippen molar-refractivity contribution in [3.8, 4) is 0 Å². The van der Waals surface area contributed by atoms with Gasteiger partial charge in [-0.1, -0.05) is 24.3 Å². The van der Waals surface area contributed by atoms with Crippen LogP contribution in [0.2, 0.25) is 0 Å². The molecule has 0 saturated carbocycles. The maximum Gasteiger partial charge on any atom is 0.117 e. The highest BCUT2D eigenvalue weighted by atomic mass is 16.3. The summed E-state index contributed by atoms with van der Waals surface area (Å²) < 4.78 is 5.49. The second kappa shape index (κ2) is 5.10. The summed E-state index contributed by atoms with van der Waals surface area (Å²) in [6, 6.07) is 13.1. The monoisotopic (exact) mass is 267 g/mol. The molecular formula is C18H21NO. The summed E-state index contributed by atoms with van der Waals surface area (Å²) in [4.78, 5) is 2.56. The van der Waals surface area contributed by atoms with E-state index >= 15 is 0 Å². The van der Waals surface area contributed by atoms with Gasteiger partial charge < -0.3 is 4.42 Å². The molecule has 2 aromatic rings. The Labute approximate surface area is 120 Å². The second-order valence-corrected chi connectivity index (χ2v) is 6.21. The third kappa shape index (κ3) is 2.18. The van der Waals surface area contributed by atoms with Crippen LogP contribution < -0.4 is 0 Å². The molecule has 2 atom stereocenters. The molecule has 0 N–H and O–H groups in total. The standard InChI is InChI=1S/C18H21NO/c1-2-6-17-14(4-1)7-8-15-12-19(10-9-18(15)17)13-16-5-3-11-20-16/h1-6,11,15,18H,7-10,12-13H2/t15-,18-/m1/s1. The van der Waals surface area contributed by atoms with E-state index in [-0.39, 0.29) is 0 Å². The predicted molar refractivity (Wildman–Crippen MR) is 79.6 cm³/mol. The van der Waals surface area contributed by atoms with Gasteiger partial charge in [0.2, 0.25) is 0 Å². The number of rotatable bonds is 2. The highest BCUT2D eigenvalue weighted by Gasteiger charge is 2.34. The highest BCUT2D eigenvalue weighted by molar-refractivity contribution is 5.34. The number of furan rings is 1. The second-order valence-electron chi connectivity index (χ2n) is 6.21. The Balaban J connectivity index is 1.49. The number of likely N-dealkylation sites (tertiary alicyclic amines) is 1. The van der Waals surface area contributed by atoms with Gasteiger partial charge in [-0.3, -0.25) is 4.90 Å². The lowest BCUT2D eigenvalue weighted by Gasteiger charge is -2.42. The van der Waals surface area contributed by atoms with E-state index in [0.717, 1.165) is 24.1 Å². The summed E-state index contributed by atoms with van der Waals surface area (Å²) in [6.45, 7) is 3.38. The van der Waals surface area contributed by atoms with Gasteiger partial charge in [-0.05, 0) is 60.9 Å². The summed E-state index contributed by atoms with van der Waals surface area (Å²) in [5.41, 5.74) is 3.22. The van der Waals surface area contributed by atoms with Crippen molar-refractivity contribution in [2.45, 2.75) is 31.7 Å². The van der Waals surface area contributed by atoms with Gasteiger partial charge in [0.1, 0.15) is 5.76 Å². The van der Waals surface area contributed by atoms with Crippen LogP contribution in [0, 0.1) is 5.92 Å². The Morgan fingerprint density at radius 2 is 2.05 bits per heavy atom. The first-order chi connectivity index (χ1) is 9.90. The number of hydrogen-bond donors (Lipinski definition) is 0. The van der Waals surface area contributed by atoms with E-state index in [9.17, 15) is 0 Å². The molecule has 4 rings (SSSR count). The first-order valence-electron chi connectivity index (χ1n) is 7.73. The molecule has 1 fully saturated rings. The first kappa shape index (κ1) is 12.2. The van der Waals surface area contributed by atoms with Gasteiger partial charge in [-0.25, -0.2) is 0 Å². The summed E-state index contributed by atoms with van der Waals surface area (Å²) in [6.07, 6.45) is 5.67. The van der Waals surface area contributed by atoms with Crippen LogP contribution in [0.15, 0.2) is 47.1 Å². The normalized spacial score (nSPS) is 26.0. The van der Waals surface area contributed by atoms with Crippen molar-refractivity contribution in [2.75, 3.05) is 13.1 Å². The van der Waals surface area contributed by atoms with Crippen LogP contribution in [0.25, 0.3) is 0 Å². The molecule has 1 saturated heterocycles. The van der Waals surface area contributed by atoms with E-state index in [1.807, 2.05) is 6.07 Å². The van der Waals surface area contributed by atoms with E-state index in [2.05, 4.69) is 35.2 Å². The van der Waals surface area contributed by atoms with Crippen molar-refractivity contribution < 1.29 is 4.42 Å². The van der Waals surface area contributed by atoms with Gasteiger partial charge in [0.25, 0.3) is 0 Å². The topological polar surface area (TPSA) is 16.4 Å². The number of nitrogens with zero attached hydrogens (tertiary/aromatic N) is 1. The van der Waals surface area contributed by atoms with Gasteiger partial charge in [-0.2, -0.15) is 0 Å². The third-order valence-corrected chi connectivity index (χ3v) is 5.02. The van der Waals surface area contributed by atoms with Crippen molar-refractivity contribution >= 4 is 0 Å². The molecule has 20 heavy (non-hydrogen) atoms. The Morgan fingerprint density at radius 1 is 1.10 bits per heavy atom. The van der Waals surface area contributed by atoms with Gasteiger partial charge in [0.15, 0.2) is 0 Å². The van der Waals surface area contributed by atoms with Gasteiger partial charge in [-0.15, -0.1) is 0 Å². The SMILES string of the molecule is c1coc(CN2CC[C@H]3c4ccccc4CC[C@@H]3C2)c1. The zero-order valence-electron chi connectivity index (χ0n) is 11.8. The lowest BCUT2D eigenvalue weighted by molar-refractivity contribution is 0.127. The molecule has 2 nitrogen and oxygen atoms in total. The predicted octanol–water partition coefficient (Wildman–Crippen LogP) is 3.83. The van der Waals surface area contributed by atoms with Gasteiger partial charge in [0.05, 0.1) is 12.8 Å². The Morgan fingerprint density at radius 3 is 2.95 bits per heavy atom. The number of piperidine rings is 1. The lowest BCUT2D eigenvalue weighted by atomic mass is 9.71. The van der Waals surface area contributed by atoms with Crippen LogP contribution in [-0.2, 0) is 13.0 Å². The fourth-order valence-electron chi connectivity index (χ4n) is 4.04. The summed E-state index contributed by atoms with van der Waals surface area (Å²) in [5.74, 6) is 2.71. The molecule has 0 spiro atoms. The minimum Gasteiger partial charge on any atom is -0.468 e. The maximum atomic E-state index is 5.49. The highest BCUT2D eigenvalue weighted by Crippen LogP contribution is 2.41. The molecule has 1 aromatic carbocycles. The smallest absolute Gasteiger partial charge is 0.117 e. The van der Waals surface area contributed by atoms with Crippen molar-refractivity contribution in [1.29, 1.82) is 0 Å². The van der Waals surface area contributed by atoms with E-state index in [1.54, 1.807) is 17.4 Å². The molecule has 1 aliphatic carbocycles. The minimum atomic E-state index is 0.785. The van der Waals surface area contributed by atoms with Crippen LogP contribution in [0.3, 0.4) is 0 Å². The average molecular weight is 267 g/mol. The number of aryl methyl sites for hydroxylation is 1. The Kier molecular flexibility index (Phi) is 3.12. The van der Waals surface area contributed by atoms with Gasteiger partial charge in [0, 0.05) is 6.54 Å². The van der Waals surface area contributed by atoms with E-state index in [0.29, 0.717) is 0 Å². The Hall–Kier alpha value is -1.54. The molecule has 2 aliphatic rings. The maximum absolute atomic E-state index is 5.49. The first-order valence-corrected chi connectivity index (χ1v) is 7.73. The lowest BCUT2D eigenvalue weighted by Crippen LogP contribution is -2.40. The van der Waals surface area contributed by atoms with Crippen molar-refractivity contribution in [1.82, 2.24) is 4.90 Å². The van der Waals surface area contributed by atoms with Crippen molar-refractivity contribution in [3.63, 3.8) is 0 Å². The summed E-state index contributed by atoms with van der Waals surface area (Å²) >= 11 is 0.